The largest absolute Gasteiger partial charge is 0.315 e. The highest BCUT2D eigenvalue weighted by Gasteiger charge is 2.25. The number of hydrogen-bond donors (Lipinski definition) is 2. The van der Waals surface area contributed by atoms with E-state index in [0.717, 1.165) is 51.4 Å². The van der Waals surface area contributed by atoms with Crippen molar-refractivity contribution in [2.45, 2.75) is 23.9 Å². The number of hydrogen-bond acceptors (Lipinski definition) is 5. The maximum Gasteiger partial charge on any atom is 0.240 e. The maximum atomic E-state index is 11.7. The molecule has 0 radical (unpaired) electrons. The van der Waals surface area contributed by atoms with Crippen LogP contribution in [0, 0.1) is 0 Å². The van der Waals surface area contributed by atoms with Crippen LogP contribution < -0.4 is 10.0 Å². The van der Waals surface area contributed by atoms with E-state index in [1.54, 1.807) is 12.1 Å². The molecule has 2 heterocycles. The number of piperazine rings is 1. The Morgan fingerprint density at radius 3 is 2.43 bits per heavy atom. The molecule has 0 bridgehead atoms. The summed E-state index contributed by atoms with van der Waals surface area (Å²) < 4.78 is 25.8. The highest BCUT2D eigenvalue weighted by Crippen LogP contribution is 2.15. The molecule has 2 aliphatic rings. The van der Waals surface area contributed by atoms with E-state index in [1.165, 1.54) is 13.5 Å². The van der Waals surface area contributed by atoms with Crippen LogP contribution in [0.15, 0.2) is 29.2 Å². The van der Waals surface area contributed by atoms with Crippen LogP contribution in [0.25, 0.3) is 0 Å². The van der Waals surface area contributed by atoms with E-state index in [-0.39, 0.29) is 0 Å². The van der Waals surface area contributed by atoms with Gasteiger partial charge in [0.05, 0.1) is 4.90 Å². The Balaban J connectivity index is 1.52. The first-order chi connectivity index (χ1) is 11.1. The minimum Gasteiger partial charge on any atom is -0.315 e. The van der Waals surface area contributed by atoms with Crippen molar-refractivity contribution >= 4 is 10.0 Å². The van der Waals surface area contributed by atoms with E-state index in [4.69, 9.17) is 0 Å². The van der Waals surface area contributed by atoms with E-state index in [1.807, 2.05) is 12.1 Å². The second kappa shape index (κ2) is 7.27. The molecule has 7 heteroatoms. The van der Waals surface area contributed by atoms with Gasteiger partial charge in [-0.25, -0.2) is 13.1 Å². The lowest BCUT2D eigenvalue weighted by molar-refractivity contribution is 0.0981. The number of nitrogens with zero attached hydrogens (tertiary/aromatic N) is 2. The molecule has 0 amide bonds. The minimum atomic E-state index is -3.34. The van der Waals surface area contributed by atoms with Gasteiger partial charge in [-0.1, -0.05) is 12.1 Å². The molecule has 1 atom stereocenters. The average Bonchev–Trinajstić information content (AvgIpc) is 3.11. The van der Waals surface area contributed by atoms with Crippen molar-refractivity contribution in [3.8, 4) is 0 Å². The molecule has 3 rings (SSSR count). The minimum absolute atomic E-state index is 0.322. The van der Waals surface area contributed by atoms with Crippen molar-refractivity contribution in [1.82, 2.24) is 19.8 Å². The van der Waals surface area contributed by atoms with Crippen molar-refractivity contribution in [3.63, 3.8) is 0 Å². The normalized spacial score (nSPS) is 24.1. The molecule has 2 saturated heterocycles. The van der Waals surface area contributed by atoms with Crippen LogP contribution in [0.5, 0.6) is 0 Å². The average molecular weight is 338 g/mol. The smallest absolute Gasteiger partial charge is 0.240 e. The van der Waals surface area contributed by atoms with Crippen LogP contribution in [-0.4, -0.2) is 70.6 Å². The van der Waals surface area contributed by atoms with Crippen LogP contribution >= 0.6 is 0 Å². The molecular formula is C16H26N4O2S. The van der Waals surface area contributed by atoms with Crippen molar-refractivity contribution in [1.29, 1.82) is 0 Å². The molecule has 0 spiro atoms. The molecule has 2 aliphatic heterocycles. The lowest BCUT2D eigenvalue weighted by atomic mass is 10.1. The molecule has 6 nitrogen and oxygen atoms in total. The summed E-state index contributed by atoms with van der Waals surface area (Å²) in [6.07, 6.45) is 1.27. The molecule has 0 aromatic heterocycles. The predicted octanol–water partition coefficient (Wildman–Crippen LogP) is 0.0742. The van der Waals surface area contributed by atoms with Gasteiger partial charge in [0.15, 0.2) is 0 Å². The topological polar surface area (TPSA) is 64.7 Å². The monoisotopic (exact) mass is 338 g/mol. The molecule has 0 saturated carbocycles. The molecule has 2 N–H and O–H groups in total. The van der Waals surface area contributed by atoms with Gasteiger partial charge in [0.1, 0.15) is 0 Å². The summed E-state index contributed by atoms with van der Waals surface area (Å²) in [6.45, 7) is 7.56. The standard InChI is InChI=1S/C16H26N4O2S/c1-17-23(21,22)16-4-2-14(3-5-16)13-19-8-10-20(11-9-19)15-6-7-18-12-15/h2-5,15,17-18H,6-13H2,1H3. The van der Waals surface area contributed by atoms with Gasteiger partial charge >= 0.3 is 0 Å². The zero-order valence-electron chi connectivity index (χ0n) is 13.7. The van der Waals surface area contributed by atoms with Crippen molar-refractivity contribution in [3.05, 3.63) is 29.8 Å². The molecule has 2 fully saturated rings. The Bertz CT molecular complexity index is 603. The van der Waals surface area contributed by atoms with E-state index in [2.05, 4.69) is 19.8 Å². The van der Waals surface area contributed by atoms with Crippen LogP contribution in [-0.2, 0) is 16.6 Å². The van der Waals surface area contributed by atoms with Crippen molar-refractivity contribution < 1.29 is 8.42 Å². The van der Waals surface area contributed by atoms with Gasteiger partial charge in [-0.3, -0.25) is 9.80 Å². The SMILES string of the molecule is CNS(=O)(=O)c1ccc(CN2CCN(C3CCNC3)CC2)cc1. The first-order valence-electron chi connectivity index (χ1n) is 8.28. The van der Waals surface area contributed by atoms with Crippen LogP contribution in [0.2, 0.25) is 0 Å². The number of nitrogens with one attached hydrogen (secondary N) is 2. The molecule has 1 aromatic rings. The van der Waals surface area contributed by atoms with Gasteiger partial charge in [0.25, 0.3) is 0 Å². The zero-order chi connectivity index (χ0) is 16.3. The maximum absolute atomic E-state index is 11.7. The fourth-order valence-corrected chi connectivity index (χ4v) is 4.12. The molecule has 1 aromatic carbocycles. The summed E-state index contributed by atoms with van der Waals surface area (Å²) in [5, 5.41) is 3.43. The molecule has 1 unspecified atom stereocenters. The summed E-state index contributed by atoms with van der Waals surface area (Å²) in [4.78, 5) is 5.36. The Kier molecular flexibility index (Phi) is 5.33. The molecule has 128 valence electrons. The third-order valence-electron chi connectivity index (χ3n) is 4.87. The van der Waals surface area contributed by atoms with E-state index in [0.29, 0.717) is 10.9 Å². The van der Waals surface area contributed by atoms with Crippen LogP contribution in [0.3, 0.4) is 0 Å². The van der Waals surface area contributed by atoms with Gasteiger partial charge in [0, 0.05) is 45.3 Å². The third-order valence-corrected chi connectivity index (χ3v) is 6.30. The highest BCUT2D eigenvalue weighted by atomic mass is 32.2. The lowest BCUT2D eigenvalue weighted by Crippen LogP contribution is -2.50. The third kappa shape index (κ3) is 4.10. The zero-order valence-corrected chi connectivity index (χ0v) is 14.5. The van der Waals surface area contributed by atoms with Crippen LogP contribution in [0.4, 0.5) is 0 Å². The van der Waals surface area contributed by atoms with Gasteiger partial charge in [0.2, 0.25) is 10.0 Å². The van der Waals surface area contributed by atoms with Gasteiger partial charge in [-0.15, -0.1) is 0 Å². The van der Waals surface area contributed by atoms with E-state index < -0.39 is 10.0 Å². The number of benzene rings is 1. The Morgan fingerprint density at radius 1 is 1.17 bits per heavy atom. The summed E-state index contributed by atoms with van der Waals surface area (Å²) in [5.41, 5.74) is 1.16. The first-order valence-corrected chi connectivity index (χ1v) is 9.76. The highest BCUT2D eigenvalue weighted by molar-refractivity contribution is 7.89. The second-order valence-corrected chi connectivity index (χ2v) is 8.20. The second-order valence-electron chi connectivity index (χ2n) is 6.31. The Hall–Kier alpha value is -0.990. The van der Waals surface area contributed by atoms with E-state index in [9.17, 15) is 8.42 Å². The number of sulfonamides is 1. The molecule has 23 heavy (non-hydrogen) atoms. The Labute approximate surface area is 138 Å². The van der Waals surface area contributed by atoms with E-state index >= 15 is 0 Å². The first kappa shape index (κ1) is 16.9. The molecule has 0 aliphatic carbocycles. The predicted molar refractivity (Wildman–Crippen MR) is 90.8 cm³/mol. The van der Waals surface area contributed by atoms with Crippen molar-refractivity contribution in [2.24, 2.45) is 0 Å². The summed E-state index contributed by atoms with van der Waals surface area (Å²) in [5.74, 6) is 0. The fourth-order valence-electron chi connectivity index (χ4n) is 3.39. The summed E-state index contributed by atoms with van der Waals surface area (Å²) >= 11 is 0. The summed E-state index contributed by atoms with van der Waals surface area (Å²) in [7, 11) is -1.91. The van der Waals surface area contributed by atoms with Gasteiger partial charge in [-0.05, 0) is 37.7 Å². The van der Waals surface area contributed by atoms with Gasteiger partial charge in [-0.2, -0.15) is 0 Å². The lowest BCUT2D eigenvalue weighted by Gasteiger charge is -2.37. The Morgan fingerprint density at radius 2 is 1.87 bits per heavy atom. The quantitative estimate of drug-likeness (QED) is 0.796. The van der Waals surface area contributed by atoms with Crippen molar-refractivity contribution in [2.75, 3.05) is 46.3 Å². The molecular weight excluding hydrogens is 312 g/mol. The fraction of sp³-hybridized carbons (Fsp3) is 0.625. The van der Waals surface area contributed by atoms with Crippen LogP contribution in [0.1, 0.15) is 12.0 Å². The van der Waals surface area contributed by atoms with Gasteiger partial charge < -0.3 is 5.32 Å². The number of rotatable bonds is 5. The summed E-state index contributed by atoms with van der Waals surface area (Å²) in [6, 6.07) is 7.90.